The van der Waals surface area contributed by atoms with Crippen LogP contribution >= 0.6 is 0 Å². The molecule has 0 radical (unpaired) electrons. The molecule has 0 atom stereocenters. The number of fused-ring (bicyclic) bond motifs is 4. The van der Waals surface area contributed by atoms with E-state index in [1.54, 1.807) is 28.4 Å². The standard InChI is InChI=1S/C29H37N5O.C29H36N4O2.C28H35N5O.C24H28N4O/c1-18(2)30-21-10-12-34(13-11-21)17-23-22-8-6-7-9-24(22)33-29(23)27-16-28(35-5)26(32-27)15-25-19(3)14-20(4)31-25;1-18(2)35-21-10-12-33(13-11-21)17-23-22-8-6-7-9-24(22)32-29(23)27-16-28(34-5)26(31-27)15-25-19(3)14-20(4)30-25;1-18(2)33-12-10-32(11-13-33)17-22-21-8-6-7-9-23(21)31-28(22)26-16-27(34-5)25(30-26)15-24-19(3)14-20(4)29-24;1-14(2)25-13-18-17-8-6-7-9-19(17)28-24(18)22-12-23(29-5)21(27-22)11-20-15(3)10-16(4)26-20/h6-9,14-16,18,21,30-32H,10-13,17H2,1-5H3;6-9,14-16,18,21,30-31H,10-13,17H2,1-5H3;6-9,14-16,18,29-30H,10-13,17H2,1-5H3;6-12,14,25-27H,13H2,1-5H3/b2*26-15-,29-27?;25-15-,28-26?;21-11-,24-22?. The second-order valence-electron chi connectivity index (χ2n) is 37.7. The number of piperazine rings is 1. The van der Waals surface area contributed by atoms with Crippen LogP contribution in [0.4, 0.5) is 0 Å². The third-order valence-corrected chi connectivity index (χ3v) is 26.2. The molecule has 133 heavy (non-hydrogen) atoms. The Labute approximate surface area is 779 Å². The number of aromatic nitrogens is 8. The van der Waals surface area contributed by atoms with Gasteiger partial charge < -0.3 is 74.2 Å². The van der Waals surface area contributed by atoms with Crippen LogP contribution < -0.4 is 115 Å². The van der Waals surface area contributed by atoms with Crippen LogP contribution in [0.1, 0.15) is 149 Å². The van der Waals surface area contributed by atoms with Gasteiger partial charge in [0.15, 0.2) is 0 Å². The van der Waals surface area contributed by atoms with Gasteiger partial charge >= 0.3 is 0 Å². The smallest absolute Gasteiger partial charge is 0.144 e. The van der Waals surface area contributed by atoms with Crippen molar-refractivity contribution in [3.8, 4) is 23.0 Å². The highest BCUT2D eigenvalue weighted by atomic mass is 16.5. The van der Waals surface area contributed by atoms with Gasteiger partial charge in [-0.1, -0.05) is 100 Å². The molecule has 7 aliphatic rings. The Morgan fingerprint density at radius 2 is 0.647 bits per heavy atom. The van der Waals surface area contributed by atoms with Crippen molar-refractivity contribution in [3.63, 3.8) is 0 Å². The maximum atomic E-state index is 6.06. The summed E-state index contributed by atoms with van der Waals surface area (Å²) in [5, 5.41) is 24.0. The predicted molar refractivity (Wildman–Crippen MR) is 538 cm³/mol. The third kappa shape index (κ3) is 22.0. The highest BCUT2D eigenvalue weighted by molar-refractivity contribution is 5.92. The molecule has 0 unspecified atom stereocenters. The molecular formula is C110H136N18O5. The molecule has 3 saturated heterocycles. The lowest BCUT2D eigenvalue weighted by Crippen LogP contribution is -2.49. The van der Waals surface area contributed by atoms with Crippen molar-refractivity contribution >= 4 is 69.4 Å². The summed E-state index contributed by atoms with van der Waals surface area (Å²) in [4.78, 5) is 58.4. The van der Waals surface area contributed by atoms with E-state index in [1.165, 1.54) is 78.3 Å². The Bertz CT molecular complexity index is 7150. The fourth-order valence-corrected chi connectivity index (χ4v) is 19.4. The molecule has 0 amide bonds. The number of benzene rings is 4. The van der Waals surface area contributed by atoms with Gasteiger partial charge in [0.25, 0.3) is 0 Å². The van der Waals surface area contributed by atoms with E-state index in [0.29, 0.717) is 30.3 Å². The van der Waals surface area contributed by atoms with Crippen LogP contribution in [0.3, 0.4) is 0 Å². The summed E-state index contributed by atoms with van der Waals surface area (Å²) in [6.45, 7) is 46.4. The van der Waals surface area contributed by atoms with Crippen LogP contribution in [0, 0.1) is 55.4 Å². The molecule has 8 aromatic heterocycles. The number of rotatable bonds is 22. The molecule has 0 aliphatic carbocycles. The van der Waals surface area contributed by atoms with Gasteiger partial charge in [0.05, 0.1) is 128 Å². The molecule has 23 nitrogen and oxygen atoms in total. The first-order chi connectivity index (χ1) is 64.2. The lowest BCUT2D eigenvalue weighted by Gasteiger charge is -2.37. The van der Waals surface area contributed by atoms with Crippen molar-refractivity contribution in [3.05, 3.63) is 298 Å². The molecule has 23 heteroatoms. The van der Waals surface area contributed by atoms with E-state index >= 15 is 0 Å². The van der Waals surface area contributed by atoms with Gasteiger partial charge in [-0.2, -0.15) is 0 Å². The van der Waals surface area contributed by atoms with Crippen LogP contribution in [0.2, 0.25) is 0 Å². The number of methoxy groups -OCH3 is 4. The summed E-state index contributed by atoms with van der Waals surface area (Å²) < 4.78 is 29.0. The van der Waals surface area contributed by atoms with Crippen molar-refractivity contribution < 1.29 is 23.7 Å². The number of ether oxygens (including phenoxy) is 5. The Kier molecular flexibility index (Phi) is 29.6. The van der Waals surface area contributed by atoms with Gasteiger partial charge in [-0.3, -0.25) is 19.6 Å². The van der Waals surface area contributed by atoms with Crippen molar-refractivity contribution in [1.82, 2.24) is 70.1 Å². The summed E-state index contributed by atoms with van der Waals surface area (Å²) in [5.74, 6) is 3.27. The second-order valence-corrected chi connectivity index (χ2v) is 37.7. The van der Waals surface area contributed by atoms with Gasteiger partial charge in [-0.25, -0.2) is 20.0 Å². The second kappa shape index (κ2) is 41.9. The van der Waals surface area contributed by atoms with Gasteiger partial charge in [0, 0.05) is 203 Å². The Morgan fingerprint density at radius 3 is 0.925 bits per heavy atom. The highest BCUT2D eigenvalue weighted by Gasteiger charge is 2.29. The number of nitrogens with one attached hydrogen (secondary N) is 10. The molecule has 3 fully saturated rings. The zero-order chi connectivity index (χ0) is 93.4. The lowest BCUT2D eigenvalue weighted by molar-refractivity contribution is -0.0249. The van der Waals surface area contributed by atoms with E-state index in [4.69, 9.17) is 43.7 Å². The fraction of sp³-hybridized carbons (Fsp3) is 0.382. The van der Waals surface area contributed by atoms with E-state index < -0.39 is 0 Å². The minimum atomic E-state index is 0.286. The number of aryl methyl sites for hydroxylation is 8. The summed E-state index contributed by atoms with van der Waals surface area (Å²) in [6.07, 6.45) is 13.6. The molecule has 696 valence electrons. The summed E-state index contributed by atoms with van der Waals surface area (Å²) in [6, 6.07) is 52.8. The maximum absolute atomic E-state index is 6.06. The first-order valence-electron chi connectivity index (χ1n) is 47.6. The molecule has 7 aliphatic heterocycles. The van der Waals surface area contributed by atoms with Crippen LogP contribution in [-0.4, -0.2) is 203 Å². The van der Waals surface area contributed by atoms with E-state index in [9.17, 15) is 0 Å². The maximum Gasteiger partial charge on any atom is 0.144 e. The van der Waals surface area contributed by atoms with Gasteiger partial charge in [-0.05, 0) is 217 Å². The van der Waals surface area contributed by atoms with Crippen molar-refractivity contribution in [2.75, 3.05) is 107 Å². The zero-order valence-electron chi connectivity index (χ0n) is 81.6. The number of hydrogen-bond acceptors (Lipinski definition) is 15. The number of H-pyrrole nitrogens is 8. The number of aromatic amines is 8. The van der Waals surface area contributed by atoms with Crippen LogP contribution in [0.5, 0.6) is 23.0 Å². The Hall–Kier alpha value is -12.3. The molecule has 12 aromatic rings. The molecule has 4 aromatic carbocycles. The fourth-order valence-electron chi connectivity index (χ4n) is 19.4. The average Bonchev–Trinajstić information content (AvgIpc) is 1.64. The van der Waals surface area contributed by atoms with E-state index in [2.05, 4.69) is 339 Å². The van der Waals surface area contributed by atoms with E-state index in [0.717, 1.165) is 247 Å². The largest absolute Gasteiger partial charge is 0.494 e. The number of likely N-dealkylation sites (tertiary alicyclic amines) is 2. The summed E-state index contributed by atoms with van der Waals surface area (Å²) in [5.41, 5.74) is 22.9. The SMILES string of the molecule is COc1cc(=C2N=c3ccccc3=C2CN2CCC(NC(C)C)CC2)[nH]/c1=C\c1[nH]c(C)cc1C.COc1cc(=C2N=c3ccccc3=C2CN2CCC(OC(C)C)CC2)[nH]/c1=C\c1[nH]c(C)cc1C.COc1cc(=C2N=c3ccccc3=C2CN2CCN(C(C)C)CC2)[nH]/c1=C\c1[nH]c(C)cc1C.COc1cc(=C2N=c3ccccc3=C2CNC(C)C)[nH]/c1=C\c1[nH]c(C)cc1C. The Balaban J connectivity index is 0.000000129. The van der Waals surface area contributed by atoms with Crippen molar-refractivity contribution in [2.45, 2.75) is 173 Å². The Morgan fingerprint density at radius 1 is 0.353 bits per heavy atom. The summed E-state index contributed by atoms with van der Waals surface area (Å²) in [7, 11) is 6.87. The molecule has 15 heterocycles. The van der Waals surface area contributed by atoms with Crippen molar-refractivity contribution in [1.29, 1.82) is 0 Å². The van der Waals surface area contributed by atoms with Gasteiger partial charge in [-0.15, -0.1) is 0 Å². The average molecular weight is 1790 g/mol. The van der Waals surface area contributed by atoms with Crippen LogP contribution in [0.15, 0.2) is 166 Å². The first kappa shape index (κ1) is 93.9. The molecule has 10 N–H and O–H groups in total. The minimum Gasteiger partial charge on any atom is -0.494 e. The predicted octanol–water partition coefficient (Wildman–Crippen LogP) is 6.93. The number of hydrogen-bond donors (Lipinski definition) is 10. The minimum absolute atomic E-state index is 0.286. The molecule has 0 saturated carbocycles. The first-order valence-corrected chi connectivity index (χ1v) is 47.6. The molecule has 0 spiro atoms. The third-order valence-electron chi connectivity index (χ3n) is 26.2. The molecule has 19 rings (SSSR count). The number of piperidine rings is 2. The van der Waals surface area contributed by atoms with Gasteiger partial charge in [0.2, 0.25) is 0 Å². The lowest BCUT2D eigenvalue weighted by atomic mass is 10.0. The van der Waals surface area contributed by atoms with Crippen LogP contribution in [-0.2, 0) is 4.74 Å². The normalized spacial score (nSPS) is 18.3. The quantitative estimate of drug-likeness (QED) is 0.0333. The highest BCUT2D eigenvalue weighted by Crippen LogP contribution is 2.26. The molecular weight excluding hydrogens is 1650 g/mol. The zero-order valence-corrected chi connectivity index (χ0v) is 81.6. The topological polar surface area (TPSA) is 259 Å². The monoisotopic (exact) mass is 1790 g/mol. The van der Waals surface area contributed by atoms with Crippen LogP contribution in [0.25, 0.3) is 69.4 Å². The number of nitrogens with zero attached hydrogens (tertiary/aromatic N) is 8. The van der Waals surface area contributed by atoms with Crippen molar-refractivity contribution in [2.24, 2.45) is 20.0 Å². The molecule has 0 bridgehead atoms. The van der Waals surface area contributed by atoms with E-state index in [1.807, 2.05) is 12.1 Å². The summed E-state index contributed by atoms with van der Waals surface area (Å²) >= 11 is 0. The van der Waals surface area contributed by atoms with E-state index in [-0.39, 0.29) is 6.10 Å². The van der Waals surface area contributed by atoms with Gasteiger partial charge in [0.1, 0.15) is 23.0 Å². The number of para-hydroxylation sites is 4.